The number of rotatable bonds is 5. The van der Waals surface area contributed by atoms with Crippen molar-refractivity contribution in [2.24, 2.45) is 34.0 Å². The minimum absolute atomic E-state index is 0.0536. The van der Waals surface area contributed by atoms with E-state index in [2.05, 4.69) is 25.7 Å². The lowest BCUT2D eigenvalue weighted by molar-refractivity contribution is -0.272. The first-order valence-corrected chi connectivity index (χ1v) is 15.3. The van der Waals surface area contributed by atoms with Crippen molar-refractivity contribution >= 4 is 23.7 Å². The molecule has 4 saturated carbocycles. The van der Waals surface area contributed by atoms with Gasteiger partial charge in [0.05, 0.1) is 18.8 Å². The average molecular weight is 632 g/mol. The zero-order chi connectivity index (χ0) is 32.8. The number of nitrogens with one attached hydrogen (secondary N) is 1. The van der Waals surface area contributed by atoms with Crippen LogP contribution in [0.1, 0.15) is 72.1 Å². The van der Waals surface area contributed by atoms with E-state index in [0.29, 0.717) is 24.8 Å². The molecular weight excluding hydrogens is 587 g/mol. The summed E-state index contributed by atoms with van der Waals surface area (Å²) in [6.45, 7) is 10.9. The van der Waals surface area contributed by atoms with E-state index in [-0.39, 0.29) is 35.7 Å². The van der Waals surface area contributed by atoms with Crippen LogP contribution in [0.15, 0.2) is 12.2 Å². The third-order valence-corrected chi connectivity index (χ3v) is 11.0. The van der Waals surface area contributed by atoms with Gasteiger partial charge < -0.3 is 29.7 Å². The van der Waals surface area contributed by atoms with Gasteiger partial charge in [0.25, 0.3) is 0 Å². The summed E-state index contributed by atoms with van der Waals surface area (Å²) < 4.78 is 49.9. The van der Waals surface area contributed by atoms with Crippen molar-refractivity contribution in [3.63, 3.8) is 0 Å². The Balaban J connectivity index is 0.000000566. The molecule has 1 spiro atoms. The largest absolute Gasteiger partial charge is 0.490 e. The first-order valence-electron chi connectivity index (χ1n) is 15.3. The maximum absolute atomic E-state index is 14.3. The number of fused-ring (bicyclic) bond motifs is 3. The third-order valence-electron chi connectivity index (χ3n) is 11.0. The van der Waals surface area contributed by atoms with Gasteiger partial charge >= 0.3 is 24.1 Å². The number of carbonyl (C=O) groups excluding carboxylic acids is 3. The number of hydrogen-bond donors (Lipinski definition) is 3. The van der Waals surface area contributed by atoms with Gasteiger partial charge in [-0.05, 0) is 62.0 Å². The lowest BCUT2D eigenvalue weighted by atomic mass is 9.39. The molecule has 0 aromatic rings. The highest BCUT2D eigenvalue weighted by Gasteiger charge is 2.78. The summed E-state index contributed by atoms with van der Waals surface area (Å²) in [5.41, 5.74) is -1.60. The van der Waals surface area contributed by atoms with Crippen LogP contribution >= 0.6 is 0 Å². The minimum atomic E-state index is -5.08. The predicted molar refractivity (Wildman–Crippen MR) is 149 cm³/mol. The topological polar surface area (TPSA) is 148 Å². The maximum Gasteiger partial charge on any atom is 0.490 e. The molecule has 0 aromatic heterocycles. The molecule has 0 unspecified atom stereocenters. The van der Waals surface area contributed by atoms with Crippen molar-refractivity contribution in [2.75, 3.05) is 20.3 Å². The second-order valence-corrected chi connectivity index (χ2v) is 13.7. The highest BCUT2D eigenvalue weighted by molar-refractivity contribution is 6.05. The van der Waals surface area contributed by atoms with Crippen LogP contribution in [0.25, 0.3) is 0 Å². The predicted octanol–water partition coefficient (Wildman–Crippen LogP) is 3.59. The van der Waals surface area contributed by atoms with Gasteiger partial charge in [0.1, 0.15) is 17.6 Å². The number of ketones is 1. The Kier molecular flexibility index (Phi) is 9.65. The van der Waals surface area contributed by atoms with Crippen LogP contribution in [0.5, 0.6) is 0 Å². The Morgan fingerprint density at radius 3 is 2.32 bits per heavy atom. The molecule has 13 heteroatoms. The summed E-state index contributed by atoms with van der Waals surface area (Å²) in [5, 5.41) is 22.2. The molecular formula is C31H44F3NO9. The molecule has 248 valence electrons. The van der Waals surface area contributed by atoms with E-state index in [1.165, 1.54) is 6.92 Å². The SMILES string of the molecule is C=C1C(=O)[C@]23[C@H](OC(=O)[C@@H]4CCCCN4)[C@H]1C[C@H](O)[C@H]2[C@]1(COC(C)=O)CCCC(C)(C)[C@H]1C[C@H]3OC.O=C(O)C(F)(F)F. The smallest absolute Gasteiger partial charge is 0.475 e. The molecule has 0 aromatic carbocycles. The van der Waals surface area contributed by atoms with E-state index < -0.39 is 59.2 Å². The van der Waals surface area contributed by atoms with Gasteiger partial charge in [-0.25, -0.2) is 4.79 Å². The molecule has 10 nitrogen and oxygen atoms in total. The fourth-order valence-electron chi connectivity index (χ4n) is 9.34. The molecule has 0 amide bonds. The molecule has 9 atom stereocenters. The quantitative estimate of drug-likeness (QED) is 0.304. The summed E-state index contributed by atoms with van der Waals surface area (Å²) in [4.78, 5) is 48.7. The number of methoxy groups -OCH3 is 1. The lowest BCUT2D eigenvalue weighted by Crippen LogP contribution is -2.72. The van der Waals surface area contributed by atoms with Gasteiger partial charge in [-0.2, -0.15) is 13.2 Å². The Hall–Kier alpha value is -2.51. The summed E-state index contributed by atoms with van der Waals surface area (Å²) in [6.07, 6.45) is -1.08. The van der Waals surface area contributed by atoms with Crippen molar-refractivity contribution in [3.8, 4) is 0 Å². The Morgan fingerprint density at radius 1 is 1.11 bits per heavy atom. The summed E-state index contributed by atoms with van der Waals surface area (Å²) >= 11 is 0. The highest BCUT2D eigenvalue weighted by atomic mass is 19.4. The highest BCUT2D eigenvalue weighted by Crippen LogP contribution is 2.72. The van der Waals surface area contributed by atoms with Gasteiger partial charge in [-0.15, -0.1) is 0 Å². The van der Waals surface area contributed by atoms with E-state index in [1.807, 2.05) is 0 Å². The zero-order valence-electron chi connectivity index (χ0n) is 25.7. The molecule has 2 bridgehead atoms. The van der Waals surface area contributed by atoms with Gasteiger partial charge in [0.2, 0.25) is 0 Å². The first kappa shape index (κ1) is 34.4. The number of Topliss-reactive ketones (excluding diaryl/α,β-unsaturated/α-hetero) is 1. The van der Waals surface area contributed by atoms with E-state index in [0.717, 1.165) is 38.6 Å². The van der Waals surface area contributed by atoms with E-state index in [1.54, 1.807) is 7.11 Å². The number of carboxylic acids is 1. The number of piperidine rings is 1. The van der Waals surface area contributed by atoms with Gasteiger partial charge in [0, 0.05) is 31.3 Å². The van der Waals surface area contributed by atoms with Crippen LogP contribution in [-0.2, 0) is 33.4 Å². The molecule has 3 N–H and O–H groups in total. The number of aliphatic carboxylic acids is 1. The number of aliphatic hydroxyl groups excluding tert-OH is 1. The van der Waals surface area contributed by atoms with Gasteiger partial charge in [-0.1, -0.05) is 33.3 Å². The first-order chi connectivity index (χ1) is 20.4. The average Bonchev–Trinajstić information content (AvgIpc) is 3.07. The number of esters is 2. The second-order valence-electron chi connectivity index (χ2n) is 13.7. The molecule has 0 radical (unpaired) electrons. The molecule has 1 aliphatic heterocycles. The summed E-state index contributed by atoms with van der Waals surface area (Å²) in [6, 6.07) is -0.404. The van der Waals surface area contributed by atoms with Crippen molar-refractivity contribution in [1.29, 1.82) is 0 Å². The zero-order valence-corrected chi connectivity index (χ0v) is 25.7. The number of alkyl halides is 3. The molecule has 1 heterocycles. The molecule has 5 aliphatic rings. The third kappa shape index (κ3) is 5.68. The minimum Gasteiger partial charge on any atom is -0.475 e. The lowest BCUT2D eigenvalue weighted by Gasteiger charge is -2.67. The van der Waals surface area contributed by atoms with Crippen LogP contribution in [-0.4, -0.2) is 84.7 Å². The van der Waals surface area contributed by atoms with Crippen LogP contribution in [0.2, 0.25) is 0 Å². The standard InChI is InChI=1S/C29H43NO7.C2HF3O2/c1-16-18-13-20(32)23-28(15-36-17(2)31)11-8-10-27(3,4)21(28)14-22(35-5)29(23,24(16)33)25(18)37-26(34)19-9-6-7-12-30-19;3-2(4,5)1(6)7/h18-23,25,30,32H,1,6-15H2,2-5H3;(H,6,7)/t18-,19-,20-,21+,22+,23-,25+,28-,29+;/m0./s1. The Labute approximate surface area is 255 Å². The van der Waals surface area contributed by atoms with Crippen LogP contribution in [0.3, 0.4) is 0 Å². The molecule has 44 heavy (non-hydrogen) atoms. The molecule has 1 saturated heterocycles. The number of aliphatic hydroxyl groups is 1. The monoisotopic (exact) mass is 631 g/mol. The van der Waals surface area contributed by atoms with Crippen molar-refractivity contribution in [2.45, 2.75) is 103 Å². The Morgan fingerprint density at radius 2 is 1.77 bits per heavy atom. The van der Waals surface area contributed by atoms with Gasteiger partial charge in [-0.3, -0.25) is 14.4 Å². The summed E-state index contributed by atoms with van der Waals surface area (Å²) in [7, 11) is 1.61. The van der Waals surface area contributed by atoms with Crippen molar-refractivity contribution < 1.29 is 56.8 Å². The van der Waals surface area contributed by atoms with Crippen molar-refractivity contribution in [3.05, 3.63) is 12.2 Å². The van der Waals surface area contributed by atoms with Crippen molar-refractivity contribution in [1.82, 2.24) is 5.32 Å². The van der Waals surface area contributed by atoms with E-state index >= 15 is 0 Å². The Bertz CT molecular complexity index is 1170. The maximum atomic E-state index is 14.3. The fraction of sp³-hybridized carbons (Fsp3) is 0.806. The van der Waals surface area contributed by atoms with Crippen LogP contribution in [0, 0.1) is 34.0 Å². The number of carboxylic acid groups (broad SMARTS) is 1. The summed E-state index contributed by atoms with van der Waals surface area (Å²) in [5.74, 6) is -4.63. The number of hydrogen-bond acceptors (Lipinski definition) is 9. The normalized spacial score (nSPS) is 39.2. The molecule has 5 fully saturated rings. The van der Waals surface area contributed by atoms with E-state index in [9.17, 15) is 32.7 Å². The molecule has 5 rings (SSSR count). The van der Waals surface area contributed by atoms with Crippen LogP contribution < -0.4 is 5.32 Å². The van der Waals surface area contributed by atoms with Crippen LogP contribution in [0.4, 0.5) is 13.2 Å². The van der Waals surface area contributed by atoms with Gasteiger partial charge in [0.15, 0.2) is 5.78 Å². The van der Waals surface area contributed by atoms with E-state index in [4.69, 9.17) is 24.1 Å². The number of carbonyl (C=O) groups is 4. The second kappa shape index (κ2) is 12.4. The fourth-order valence-corrected chi connectivity index (χ4v) is 9.34. The number of halogens is 3. The number of ether oxygens (including phenoxy) is 3. The molecule has 4 aliphatic carbocycles.